The molecule has 106 valence electrons. The second kappa shape index (κ2) is 5.65. The van der Waals surface area contributed by atoms with E-state index in [-0.39, 0.29) is 0 Å². The maximum Gasteiger partial charge on any atom is 0.144 e. The number of hydrogen-bond acceptors (Lipinski definition) is 2. The maximum atomic E-state index is 5.30. The number of halogens is 1. The molecular formula is C15H23BrN2S. The monoisotopic (exact) mass is 342 g/mol. The minimum atomic E-state index is 0.431. The van der Waals surface area contributed by atoms with Crippen molar-refractivity contribution in [3.8, 4) is 0 Å². The van der Waals surface area contributed by atoms with Crippen LogP contribution in [0.2, 0.25) is 0 Å². The van der Waals surface area contributed by atoms with Gasteiger partial charge in [-0.15, -0.1) is 0 Å². The summed E-state index contributed by atoms with van der Waals surface area (Å²) in [5.41, 5.74) is 1.52. The van der Waals surface area contributed by atoms with Crippen molar-refractivity contribution in [2.75, 3.05) is 0 Å². The van der Waals surface area contributed by atoms with Crippen molar-refractivity contribution in [2.45, 2.75) is 59.3 Å². The summed E-state index contributed by atoms with van der Waals surface area (Å²) in [6.07, 6.45) is 5.04. The summed E-state index contributed by atoms with van der Waals surface area (Å²) in [5, 5.41) is 0. The topological polar surface area (TPSA) is 28.7 Å². The molecule has 1 aromatic rings. The van der Waals surface area contributed by atoms with Crippen molar-refractivity contribution in [1.82, 2.24) is 9.97 Å². The van der Waals surface area contributed by atoms with Crippen LogP contribution in [0, 0.1) is 22.9 Å². The molecule has 2 nitrogen and oxygen atoms in total. The summed E-state index contributed by atoms with van der Waals surface area (Å²) in [5.74, 6) is 2.47. The lowest BCUT2D eigenvalue weighted by atomic mass is 9.70. The predicted molar refractivity (Wildman–Crippen MR) is 86.0 cm³/mol. The van der Waals surface area contributed by atoms with E-state index >= 15 is 0 Å². The molecule has 19 heavy (non-hydrogen) atoms. The van der Waals surface area contributed by atoms with Crippen LogP contribution in [0.1, 0.15) is 63.9 Å². The van der Waals surface area contributed by atoms with Gasteiger partial charge in [-0.1, -0.05) is 33.0 Å². The van der Waals surface area contributed by atoms with Crippen LogP contribution in [0.4, 0.5) is 0 Å². The van der Waals surface area contributed by atoms with Gasteiger partial charge in [0.1, 0.15) is 10.5 Å². The molecule has 0 aromatic carbocycles. The number of rotatable bonds is 1. The van der Waals surface area contributed by atoms with Crippen molar-refractivity contribution in [3.05, 3.63) is 20.6 Å². The third-order valence-corrected chi connectivity index (χ3v) is 5.92. The molecule has 0 atom stereocenters. The van der Waals surface area contributed by atoms with Crippen LogP contribution in [0.15, 0.2) is 4.47 Å². The van der Waals surface area contributed by atoms with E-state index in [9.17, 15) is 0 Å². The fraction of sp³-hybridized carbons (Fsp3) is 0.733. The van der Waals surface area contributed by atoms with Crippen molar-refractivity contribution in [3.63, 3.8) is 0 Å². The van der Waals surface area contributed by atoms with Gasteiger partial charge in [-0.25, -0.2) is 4.98 Å². The van der Waals surface area contributed by atoms with Crippen LogP contribution in [-0.2, 0) is 0 Å². The quantitative estimate of drug-likeness (QED) is 0.679. The highest BCUT2D eigenvalue weighted by Crippen LogP contribution is 2.42. The number of aromatic amines is 1. The first-order valence-corrected chi connectivity index (χ1v) is 8.25. The molecule has 1 N–H and O–H groups in total. The Balaban J connectivity index is 2.12. The minimum absolute atomic E-state index is 0.431. The second-order valence-electron chi connectivity index (χ2n) is 6.78. The predicted octanol–water partition coefficient (Wildman–Crippen LogP) is 5.53. The molecule has 0 bridgehead atoms. The summed E-state index contributed by atoms with van der Waals surface area (Å²) in [6, 6.07) is 0. The van der Waals surface area contributed by atoms with Gasteiger partial charge in [-0.2, -0.15) is 0 Å². The lowest BCUT2D eigenvalue weighted by molar-refractivity contribution is 0.167. The van der Waals surface area contributed by atoms with Crippen LogP contribution >= 0.6 is 28.1 Å². The van der Waals surface area contributed by atoms with Gasteiger partial charge < -0.3 is 4.98 Å². The lowest BCUT2D eigenvalue weighted by Gasteiger charge is -2.36. The number of aryl methyl sites for hydroxylation is 1. The third-order valence-electron chi connectivity index (χ3n) is 4.39. The molecule has 0 radical (unpaired) electrons. The average molecular weight is 343 g/mol. The SMILES string of the molecule is Cc1[nH]c(C2CCC(C(C)(C)C)CC2)nc(=S)c1Br. The number of hydrogen-bond donors (Lipinski definition) is 1. The van der Waals surface area contributed by atoms with Gasteiger partial charge in [0.05, 0.1) is 4.47 Å². The van der Waals surface area contributed by atoms with Crippen molar-refractivity contribution in [2.24, 2.45) is 11.3 Å². The van der Waals surface area contributed by atoms with Crippen LogP contribution < -0.4 is 0 Å². The van der Waals surface area contributed by atoms with Crippen LogP contribution in [0.25, 0.3) is 0 Å². The average Bonchev–Trinajstić information content (AvgIpc) is 2.34. The van der Waals surface area contributed by atoms with Gasteiger partial charge in [-0.3, -0.25) is 0 Å². The summed E-state index contributed by atoms with van der Waals surface area (Å²) >= 11 is 8.78. The molecule has 0 saturated heterocycles. The minimum Gasteiger partial charge on any atom is -0.346 e. The second-order valence-corrected chi connectivity index (χ2v) is 7.96. The van der Waals surface area contributed by atoms with E-state index in [1.165, 1.54) is 25.7 Å². The summed E-state index contributed by atoms with van der Waals surface area (Å²) in [6.45, 7) is 9.11. The molecule has 0 aliphatic heterocycles. The highest BCUT2D eigenvalue weighted by Gasteiger charge is 2.31. The Hall–Kier alpha value is -0.220. The first-order chi connectivity index (χ1) is 8.79. The first kappa shape index (κ1) is 15.2. The molecule has 1 aromatic heterocycles. The number of H-pyrrole nitrogens is 1. The van der Waals surface area contributed by atoms with Crippen molar-refractivity contribution < 1.29 is 0 Å². The molecule has 0 spiro atoms. The zero-order chi connectivity index (χ0) is 14.2. The number of nitrogens with zero attached hydrogens (tertiary/aromatic N) is 1. The molecule has 1 fully saturated rings. The molecule has 0 unspecified atom stereocenters. The lowest BCUT2D eigenvalue weighted by Crippen LogP contribution is -2.25. The van der Waals surface area contributed by atoms with Crippen molar-refractivity contribution in [1.29, 1.82) is 0 Å². The van der Waals surface area contributed by atoms with Gasteiger partial charge in [0, 0.05) is 11.6 Å². The summed E-state index contributed by atoms with van der Waals surface area (Å²) in [4.78, 5) is 7.97. The van der Waals surface area contributed by atoms with E-state index < -0.39 is 0 Å². The third kappa shape index (κ3) is 3.46. The Morgan fingerprint density at radius 3 is 2.26 bits per heavy atom. The number of aromatic nitrogens is 2. The van der Waals surface area contributed by atoms with Gasteiger partial charge in [0.25, 0.3) is 0 Å². The molecule has 4 heteroatoms. The van der Waals surface area contributed by atoms with Crippen molar-refractivity contribution >= 4 is 28.1 Å². The highest BCUT2D eigenvalue weighted by atomic mass is 79.9. The fourth-order valence-electron chi connectivity index (χ4n) is 3.02. The molecule has 1 aliphatic rings. The molecule has 0 amide bonds. The van der Waals surface area contributed by atoms with E-state index in [2.05, 4.69) is 46.7 Å². The van der Waals surface area contributed by atoms with Gasteiger partial charge in [0.2, 0.25) is 0 Å². The van der Waals surface area contributed by atoms with E-state index in [1.807, 2.05) is 6.92 Å². The zero-order valence-electron chi connectivity index (χ0n) is 12.2. The van der Waals surface area contributed by atoms with Gasteiger partial charge in [0.15, 0.2) is 0 Å². The molecule has 1 heterocycles. The van der Waals surface area contributed by atoms with E-state index in [1.54, 1.807) is 0 Å². The highest BCUT2D eigenvalue weighted by molar-refractivity contribution is 9.10. The van der Waals surface area contributed by atoms with Gasteiger partial charge >= 0.3 is 0 Å². The van der Waals surface area contributed by atoms with Crippen LogP contribution in [0.3, 0.4) is 0 Å². The molecule has 2 rings (SSSR count). The summed E-state index contributed by atoms with van der Waals surface area (Å²) < 4.78 is 1.61. The Morgan fingerprint density at radius 1 is 1.21 bits per heavy atom. The Labute approximate surface area is 129 Å². The Morgan fingerprint density at radius 2 is 1.79 bits per heavy atom. The zero-order valence-corrected chi connectivity index (χ0v) is 14.6. The Bertz CT molecular complexity index is 508. The smallest absolute Gasteiger partial charge is 0.144 e. The van der Waals surface area contributed by atoms with Gasteiger partial charge in [-0.05, 0) is 59.9 Å². The first-order valence-electron chi connectivity index (χ1n) is 7.05. The summed E-state index contributed by atoms with van der Waals surface area (Å²) in [7, 11) is 0. The normalized spacial score (nSPS) is 24.5. The Kier molecular flexibility index (Phi) is 4.51. The standard InChI is InChI=1S/C15H23BrN2S/c1-9-12(16)14(19)18-13(17-9)10-5-7-11(8-6-10)15(2,3)4/h10-11H,5-8H2,1-4H3,(H,17,18,19). The fourth-order valence-corrected chi connectivity index (χ4v) is 3.46. The molecular weight excluding hydrogens is 320 g/mol. The van der Waals surface area contributed by atoms with E-state index in [0.29, 0.717) is 16.0 Å². The molecule has 1 saturated carbocycles. The molecule has 1 aliphatic carbocycles. The van der Waals surface area contributed by atoms with Crippen LogP contribution in [0.5, 0.6) is 0 Å². The largest absolute Gasteiger partial charge is 0.346 e. The maximum absolute atomic E-state index is 5.30. The number of nitrogens with one attached hydrogen (secondary N) is 1. The van der Waals surface area contributed by atoms with E-state index in [0.717, 1.165) is 21.9 Å². The van der Waals surface area contributed by atoms with Crippen LogP contribution in [-0.4, -0.2) is 9.97 Å². The van der Waals surface area contributed by atoms with E-state index in [4.69, 9.17) is 12.2 Å².